The number of alkyl halides is 2. The maximum atomic E-state index is 14.7. The van der Waals surface area contributed by atoms with Gasteiger partial charge in [0, 0.05) is 25.6 Å². The largest absolute Gasteiger partial charge is 0.491 e. The van der Waals surface area contributed by atoms with Gasteiger partial charge in [0.2, 0.25) is 0 Å². The van der Waals surface area contributed by atoms with E-state index in [9.17, 15) is 17.2 Å². The van der Waals surface area contributed by atoms with Crippen molar-refractivity contribution in [3.63, 3.8) is 0 Å². The number of nitrogens with one attached hydrogen (secondary N) is 1. The highest BCUT2D eigenvalue weighted by molar-refractivity contribution is 7.92. The molecule has 38 heavy (non-hydrogen) atoms. The van der Waals surface area contributed by atoms with Crippen molar-refractivity contribution < 1.29 is 27.0 Å². The smallest absolute Gasteiger partial charge is 0.308 e. The molecule has 206 valence electrons. The minimum absolute atomic E-state index is 0.00225. The first-order chi connectivity index (χ1) is 18.2. The summed E-state index contributed by atoms with van der Waals surface area (Å²) >= 11 is 0. The molecule has 5 rings (SSSR count). The van der Waals surface area contributed by atoms with Gasteiger partial charge in [-0.2, -0.15) is 8.78 Å². The lowest BCUT2D eigenvalue weighted by atomic mass is 9.84. The molecule has 0 bridgehead atoms. The molecule has 7 nitrogen and oxygen atoms in total. The van der Waals surface area contributed by atoms with E-state index in [-0.39, 0.29) is 37.5 Å². The van der Waals surface area contributed by atoms with Crippen molar-refractivity contribution in [2.75, 3.05) is 38.2 Å². The van der Waals surface area contributed by atoms with Crippen LogP contribution in [0, 0.1) is 5.92 Å². The van der Waals surface area contributed by atoms with Crippen molar-refractivity contribution in [1.82, 2.24) is 4.90 Å². The summed E-state index contributed by atoms with van der Waals surface area (Å²) in [6.07, 6.45) is 1.76. The number of aliphatic hydroxyl groups excluding tert-OH is 1. The van der Waals surface area contributed by atoms with Crippen LogP contribution >= 0.6 is 0 Å². The summed E-state index contributed by atoms with van der Waals surface area (Å²) in [6, 6.07) is 7.62. The second-order valence-electron chi connectivity index (χ2n) is 10.5. The Labute approximate surface area is 222 Å². The predicted octanol–water partition coefficient (Wildman–Crippen LogP) is 4.91. The van der Waals surface area contributed by atoms with Gasteiger partial charge < -0.3 is 15.2 Å². The number of hydrogen-bond acceptors (Lipinski definition) is 7. The van der Waals surface area contributed by atoms with Gasteiger partial charge >= 0.3 is 6.05 Å². The van der Waals surface area contributed by atoms with Crippen molar-refractivity contribution in [2.24, 2.45) is 10.9 Å². The second kappa shape index (κ2) is 10.5. The Kier molecular flexibility index (Phi) is 7.50. The fourth-order valence-electron chi connectivity index (χ4n) is 5.45. The Morgan fingerprint density at radius 3 is 2.74 bits per heavy atom. The maximum Gasteiger partial charge on any atom is 0.308 e. The summed E-state index contributed by atoms with van der Waals surface area (Å²) in [6.45, 7) is 3.96. The molecule has 0 amide bonds. The number of halogens is 2. The Bertz CT molecular complexity index is 1330. The molecular weight excluding hydrogens is 512 g/mol. The number of anilines is 1. The number of rotatable bonds is 11. The van der Waals surface area contributed by atoms with Crippen molar-refractivity contribution in [3.05, 3.63) is 42.0 Å². The van der Waals surface area contributed by atoms with Crippen LogP contribution < -0.4 is 10.1 Å². The average Bonchev–Trinajstić information content (AvgIpc) is 3.69. The summed E-state index contributed by atoms with van der Waals surface area (Å²) < 4.78 is 61.1. The topological polar surface area (TPSA) is 91.2 Å². The van der Waals surface area contributed by atoms with Gasteiger partial charge in [0.05, 0.1) is 35.5 Å². The zero-order valence-corrected chi connectivity index (χ0v) is 22.6. The zero-order chi connectivity index (χ0) is 27.1. The van der Waals surface area contributed by atoms with Crippen LogP contribution in [-0.4, -0.2) is 68.4 Å². The highest BCUT2D eigenvalue weighted by atomic mass is 32.2. The van der Waals surface area contributed by atoms with Gasteiger partial charge in [0.25, 0.3) is 0 Å². The third kappa shape index (κ3) is 5.18. The van der Waals surface area contributed by atoms with Crippen LogP contribution in [-0.2, 0) is 9.84 Å². The molecule has 0 radical (unpaired) electrons. The number of aliphatic imine (C=N–C) groups is 1. The van der Waals surface area contributed by atoms with Gasteiger partial charge in [-0.3, -0.25) is 4.99 Å². The third-order valence-electron chi connectivity index (χ3n) is 7.66. The molecule has 2 unspecified atom stereocenters. The lowest BCUT2D eigenvalue weighted by molar-refractivity contribution is -0.157. The van der Waals surface area contributed by atoms with Crippen LogP contribution in [0.4, 0.5) is 14.5 Å². The van der Waals surface area contributed by atoms with Gasteiger partial charge in [-0.15, -0.1) is 0 Å². The molecule has 2 aromatic rings. The first kappa shape index (κ1) is 27.0. The highest BCUT2D eigenvalue weighted by Crippen LogP contribution is 2.49. The van der Waals surface area contributed by atoms with Gasteiger partial charge in [-0.1, -0.05) is 32.0 Å². The summed E-state index contributed by atoms with van der Waals surface area (Å²) in [4.78, 5) is 6.00. The molecule has 10 heteroatoms. The second-order valence-corrected chi connectivity index (χ2v) is 12.7. The first-order valence-electron chi connectivity index (χ1n) is 13.3. The molecule has 1 aliphatic carbocycles. The van der Waals surface area contributed by atoms with Crippen LogP contribution in [0.3, 0.4) is 0 Å². The highest BCUT2D eigenvalue weighted by Gasteiger charge is 2.39. The summed E-state index contributed by atoms with van der Waals surface area (Å²) in [7, 11) is -3.34. The molecule has 1 fully saturated rings. The Balaban J connectivity index is 1.47. The van der Waals surface area contributed by atoms with Gasteiger partial charge in [0.1, 0.15) is 11.6 Å². The number of amidine groups is 1. The first-order valence-corrected chi connectivity index (χ1v) is 14.9. The monoisotopic (exact) mass is 547 g/mol. The number of hydrogen-bond donors (Lipinski definition) is 2. The molecule has 2 heterocycles. The fraction of sp³-hybridized carbons (Fsp3) is 0.536. The summed E-state index contributed by atoms with van der Waals surface area (Å²) in [5, 5.41) is 12.2. The number of nitrogens with zero attached hydrogens (tertiary/aromatic N) is 2. The normalized spacial score (nSPS) is 21.1. The molecule has 0 aromatic heterocycles. The van der Waals surface area contributed by atoms with Crippen LogP contribution in [0.5, 0.6) is 5.75 Å². The van der Waals surface area contributed by atoms with Crippen molar-refractivity contribution in [3.8, 4) is 16.9 Å². The van der Waals surface area contributed by atoms with Crippen LogP contribution in [0.2, 0.25) is 0 Å². The molecule has 0 saturated heterocycles. The van der Waals surface area contributed by atoms with Crippen molar-refractivity contribution in [1.29, 1.82) is 0 Å². The van der Waals surface area contributed by atoms with E-state index < -0.39 is 22.3 Å². The van der Waals surface area contributed by atoms with E-state index in [2.05, 4.69) is 12.2 Å². The number of aliphatic hydroxyl groups is 1. The molecule has 2 aliphatic heterocycles. The molecule has 3 aliphatic rings. The molecule has 2 aromatic carbocycles. The Morgan fingerprint density at radius 1 is 1.24 bits per heavy atom. The SMILES string of the molecule is CCN(CCO)C(F)(F)CCOc1ccc(-c2cccc(S(=O)(=O)C3CC3)c2)c2c1NC1=NCC(C)CC12. The van der Waals surface area contributed by atoms with E-state index in [4.69, 9.17) is 14.8 Å². The molecule has 0 spiro atoms. The van der Waals surface area contributed by atoms with Gasteiger partial charge in [-0.25, -0.2) is 13.3 Å². The minimum atomic E-state index is -3.34. The predicted molar refractivity (Wildman–Crippen MR) is 144 cm³/mol. The van der Waals surface area contributed by atoms with E-state index in [0.717, 1.165) is 33.8 Å². The lowest BCUT2D eigenvalue weighted by Crippen LogP contribution is -2.44. The average molecular weight is 548 g/mol. The Morgan fingerprint density at radius 2 is 2.03 bits per heavy atom. The molecule has 2 N–H and O–H groups in total. The van der Waals surface area contributed by atoms with E-state index in [1.807, 2.05) is 12.1 Å². The van der Waals surface area contributed by atoms with Crippen LogP contribution in [0.1, 0.15) is 51.0 Å². The number of ether oxygens (including phenoxy) is 1. The third-order valence-corrected chi connectivity index (χ3v) is 9.92. The van der Waals surface area contributed by atoms with Gasteiger partial charge in [0.15, 0.2) is 9.84 Å². The standard InChI is InChI=1S/C28H35F2N3O4S/c1-3-33(12-13-34)28(29,30)11-14-37-24-10-9-22(25-23-15-18(2)17-31-27(23)32-26(24)25)19-5-4-6-21(16-19)38(35,36)20-7-8-20/h4-6,9-10,16,18,20,23,34H,3,7-8,11-15,17H2,1-2H3,(H,31,32). The Hall–Kier alpha value is -2.56. The van der Waals surface area contributed by atoms with Crippen LogP contribution in [0.25, 0.3) is 11.1 Å². The van der Waals surface area contributed by atoms with E-state index in [1.54, 1.807) is 31.2 Å². The van der Waals surface area contributed by atoms with Crippen molar-refractivity contribution in [2.45, 2.75) is 61.6 Å². The maximum absolute atomic E-state index is 14.7. The van der Waals surface area contributed by atoms with E-state index in [0.29, 0.717) is 41.6 Å². The van der Waals surface area contributed by atoms with Crippen molar-refractivity contribution >= 4 is 21.4 Å². The quantitative estimate of drug-likeness (QED) is 0.389. The lowest BCUT2D eigenvalue weighted by Gasteiger charge is -2.29. The number of fused-ring (bicyclic) bond motifs is 3. The fourth-order valence-corrected chi connectivity index (χ4v) is 7.15. The summed E-state index contributed by atoms with van der Waals surface area (Å²) in [5.74, 6) is 1.68. The molecular formula is C28H35F2N3O4S. The van der Waals surface area contributed by atoms with E-state index >= 15 is 0 Å². The number of sulfone groups is 1. The zero-order valence-electron chi connectivity index (χ0n) is 21.8. The number of benzene rings is 2. The van der Waals surface area contributed by atoms with Gasteiger partial charge in [-0.05, 0) is 60.1 Å². The molecule has 1 saturated carbocycles. The molecule has 2 atom stereocenters. The van der Waals surface area contributed by atoms with Crippen LogP contribution in [0.15, 0.2) is 46.3 Å². The summed E-state index contributed by atoms with van der Waals surface area (Å²) in [5.41, 5.74) is 3.37. The van der Waals surface area contributed by atoms with E-state index in [1.165, 1.54) is 0 Å². The minimum Gasteiger partial charge on any atom is -0.491 e. The number of likely N-dealkylation sites (N-methyl/N-ethyl adjacent to an activating group) is 1.